The summed E-state index contributed by atoms with van der Waals surface area (Å²) in [5, 5.41) is 9.72. The van der Waals surface area contributed by atoms with Crippen LogP contribution in [-0.2, 0) is 0 Å². The van der Waals surface area contributed by atoms with Gasteiger partial charge in [0, 0.05) is 44.2 Å². The molecule has 2 aromatic heterocycles. The smallest absolute Gasteiger partial charge is 0.136 e. The lowest BCUT2D eigenvalue weighted by Crippen LogP contribution is -2.11. The summed E-state index contributed by atoms with van der Waals surface area (Å²) in [5.41, 5.74) is 15.5. The number of para-hydroxylation sites is 4. The molecule has 0 bridgehead atoms. The van der Waals surface area contributed by atoms with Crippen molar-refractivity contribution in [2.75, 3.05) is 4.90 Å². The molecule has 11 aromatic carbocycles. The second-order valence-corrected chi connectivity index (χ2v) is 16.9. The van der Waals surface area contributed by atoms with E-state index in [-0.39, 0.29) is 0 Å². The highest BCUT2D eigenvalue weighted by molar-refractivity contribution is 6.11. The number of anilines is 3. The molecule has 0 unspecified atom stereocenters. The predicted molar refractivity (Wildman–Crippen MR) is 274 cm³/mol. The van der Waals surface area contributed by atoms with E-state index in [2.05, 4.69) is 240 Å². The molecule has 0 spiro atoms. The second-order valence-electron chi connectivity index (χ2n) is 16.9. The van der Waals surface area contributed by atoms with Gasteiger partial charge in [0.2, 0.25) is 0 Å². The van der Waals surface area contributed by atoms with Crippen molar-refractivity contribution in [3.05, 3.63) is 243 Å². The van der Waals surface area contributed by atoms with Crippen LogP contribution in [0.4, 0.5) is 17.1 Å². The Balaban J connectivity index is 0.904. The SMILES string of the molecule is c1cc(-c2ccc(N(c3ccc4c(ccc5ccccc54)c3)c3ccccc3-c3ccc4c(c3)oc3ccccc34)cc2)cc(-c2cccc(-n3c4ccccc4c4ccccc43)c2)c1. The molecule has 0 radical (unpaired) electrons. The monoisotopic (exact) mass is 828 g/mol. The van der Waals surface area contributed by atoms with Crippen molar-refractivity contribution >= 4 is 82.4 Å². The minimum atomic E-state index is 0.882. The van der Waals surface area contributed by atoms with E-state index >= 15 is 0 Å². The molecule has 65 heavy (non-hydrogen) atoms. The Morgan fingerprint density at radius 3 is 1.69 bits per heavy atom. The molecule has 0 aliphatic carbocycles. The molecule has 0 aliphatic heterocycles. The van der Waals surface area contributed by atoms with Crippen LogP contribution in [0, 0.1) is 0 Å². The van der Waals surface area contributed by atoms with Crippen LogP contribution in [0.1, 0.15) is 0 Å². The standard InChI is InChI=1S/C62H40N2O/c1-2-18-51-42(13-1)27-28-46-39-50(34-36-52(46)51)63(58-23-7-3-19-53(58)47-31-35-57-56-22-6-10-26-61(56)65-62(57)40-47)48-32-29-41(30-33-48)43-14-11-15-44(37-43)45-16-12-17-49(38-45)64-59-24-8-4-20-54(59)55-21-5-9-25-60(55)64/h1-40H. The summed E-state index contributed by atoms with van der Waals surface area (Å²) in [6.45, 7) is 0. The molecule has 3 nitrogen and oxygen atoms in total. The third kappa shape index (κ3) is 6.20. The molecule has 0 N–H and O–H groups in total. The van der Waals surface area contributed by atoms with E-state index in [4.69, 9.17) is 4.42 Å². The van der Waals surface area contributed by atoms with Crippen molar-refractivity contribution in [2.45, 2.75) is 0 Å². The van der Waals surface area contributed by atoms with Gasteiger partial charge in [-0.3, -0.25) is 0 Å². The van der Waals surface area contributed by atoms with E-state index in [0.29, 0.717) is 0 Å². The topological polar surface area (TPSA) is 21.3 Å². The first kappa shape index (κ1) is 36.9. The van der Waals surface area contributed by atoms with E-state index in [1.807, 2.05) is 12.1 Å². The first-order chi connectivity index (χ1) is 32.2. The Morgan fingerprint density at radius 2 is 0.877 bits per heavy atom. The Morgan fingerprint density at radius 1 is 0.308 bits per heavy atom. The molecule has 304 valence electrons. The van der Waals surface area contributed by atoms with Gasteiger partial charge < -0.3 is 13.9 Å². The van der Waals surface area contributed by atoms with Crippen molar-refractivity contribution < 1.29 is 4.42 Å². The number of hydrogen-bond donors (Lipinski definition) is 0. The molecule has 2 heterocycles. The lowest BCUT2D eigenvalue weighted by atomic mass is 9.97. The Kier molecular flexibility index (Phi) is 8.53. The van der Waals surface area contributed by atoms with Gasteiger partial charge in [0.05, 0.1) is 16.7 Å². The van der Waals surface area contributed by atoms with Gasteiger partial charge in [0.1, 0.15) is 11.2 Å². The number of aromatic nitrogens is 1. The molecule has 13 aromatic rings. The van der Waals surface area contributed by atoms with Gasteiger partial charge in [-0.05, 0) is 128 Å². The molecule has 0 fully saturated rings. The third-order valence-electron chi connectivity index (χ3n) is 13.2. The number of hydrogen-bond acceptors (Lipinski definition) is 2. The second kappa shape index (κ2) is 15.0. The summed E-state index contributed by atoms with van der Waals surface area (Å²) in [7, 11) is 0. The van der Waals surface area contributed by atoms with Gasteiger partial charge in [-0.1, -0.05) is 164 Å². The lowest BCUT2D eigenvalue weighted by Gasteiger charge is -2.28. The summed E-state index contributed by atoms with van der Waals surface area (Å²) in [4.78, 5) is 2.40. The summed E-state index contributed by atoms with van der Waals surface area (Å²) in [6.07, 6.45) is 0. The van der Waals surface area contributed by atoms with Gasteiger partial charge in [0.15, 0.2) is 0 Å². The van der Waals surface area contributed by atoms with Crippen molar-refractivity contribution in [1.82, 2.24) is 4.57 Å². The average molecular weight is 829 g/mol. The highest BCUT2D eigenvalue weighted by Crippen LogP contribution is 2.44. The zero-order chi connectivity index (χ0) is 42.8. The molecule has 0 atom stereocenters. The summed E-state index contributed by atoms with van der Waals surface area (Å²) < 4.78 is 8.78. The Hall–Kier alpha value is -8.66. The highest BCUT2D eigenvalue weighted by Gasteiger charge is 2.20. The van der Waals surface area contributed by atoms with Gasteiger partial charge >= 0.3 is 0 Å². The number of benzene rings is 11. The Bertz CT molecular complexity index is 3910. The van der Waals surface area contributed by atoms with Crippen LogP contribution in [0.15, 0.2) is 247 Å². The summed E-state index contributed by atoms with van der Waals surface area (Å²) in [5.74, 6) is 0. The maximum atomic E-state index is 6.40. The number of rotatable bonds is 7. The first-order valence-electron chi connectivity index (χ1n) is 22.2. The van der Waals surface area contributed by atoms with Crippen LogP contribution in [0.5, 0.6) is 0 Å². The molecule has 3 heteroatoms. The van der Waals surface area contributed by atoms with Gasteiger partial charge in [-0.25, -0.2) is 0 Å². The summed E-state index contributed by atoms with van der Waals surface area (Å²) in [6, 6.07) is 87.8. The third-order valence-corrected chi connectivity index (χ3v) is 13.2. The molecular weight excluding hydrogens is 789 g/mol. The zero-order valence-corrected chi connectivity index (χ0v) is 35.4. The van der Waals surface area contributed by atoms with E-state index in [1.165, 1.54) is 60.0 Å². The fourth-order valence-corrected chi connectivity index (χ4v) is 10.1. The maximum absolute atomic E-state index is 6.40. The van der Waals surface area contributed by atoms with Crippen molar-refractivity contribution in [3.8, 4) is 39.1 Å². The molecular formula is C62H40N2O. The van der Waals surface area contributed by atoms with Crippen LogP contribution in [0.2, 0.25) is 0 Å². The van der Waals surface area contributed by atoms with Crippen molar-refractivity contribution in [2.24, 2.45) is 0 Å². The number of fused-ring (bicyclic) bond motifs is 9. The normalized spacial score (nSPS) is 11.7. The zero-order valence-electron chi connectivity index (χ0n) is 35.4. The van der Waals surface area contributed by atoms with Crippen LogP contribution in [0.3, 0.4) is 0 Å². The van der Waals surface area contributed by atoms with Crippen LogP contribution in [-0.4, -0.2) is 4.57 Å². The Labute approximate surface area is 376 Å². The molecule has 0 saturated heterocycles. The quantitative estimate of drug-likeness (QED) is 0.149. The molecule has 13 rings (SSSR count). The minimum Gasteiger partial charge on any atom is -0.456 e. The highest BCUT2D eigenvalue weighted by atomic mass is 16.3. The maximum Gasteiger partial charge on any atom is 0.136 e. The predicted octanol–water partition coefficient (Wildman–Crippen LogP) is 17.5. The minimum absolute atomic E-state index is 0.882. The van der Waals surface area contributed by atoms with Crippen LogP contribution < -0.4 is 4.90 Å². The van der Waals surface area contributed by atoms with Crippen LogP contribution >= 0.6 is 0 Å². The summed E-state index contributed by atoms with van der Waals surface area (Å²) >= 11 is 0. The van der Waals surface area contributed by atoms with E-state index < -0.39 is 0 Å². The van der Waals surface area contributed by atoms with Gasteiger partial charge in [-0.2, -0.15) is 0 Å². The van der Waals surface area contributed by atoms with E-state index in [9.17, 15) is 0 Å². The van der Waals surface area contributed by atoms with E-state index in [1.54, 1.807) is 0 Å². The van der Waals surface area contributed by atoms with Crippen LogP contribution in [0.25, 0.3) is 104 Å². The number of nitrogens with zero attached hydrogens (tertiary/aromatic N) is 2. The van der Waals surface area contributed by atoms with Gasteiger partial charge in [-0.15, -0.1) is 0 Å². The fourth-order valence-electron chi connectivity index (χ4n) is 10.1. The molecule has 0 amide bonds. The average Bonchev–Trinajstić information content (AvgIpc) is 3.92. The van der Waals surface area contributed by atoms with Gasteiger partial charge in [0.25, 0.3) is 0 Å². The molecule has 0 saturated carbocycles. The fraction of sp³-hybridized carbons (Fsp3) is 0. The largest absolute Gasteiger partial charge is 0.456 e. The van der Waals surface area contributed by atoms with Crippen molar-refractivity contribution in [3.63, 3.8) is 0 Å². The lowest BCUT2D eigenvalue weighted by molar-refractivity contribution is 0.669. The number of furan rings is 1. The molecule has 0 aliphatic rings. The first-order valence-corrected chi connectivity index (χ1v) is 22.2. The van der Waals surface area contributed by atoms with Crippen molar-refractivity contribution in [1.29, 1.82) is 0 Å². The van der Waals surface area contributed by atoms with E-state index in [0.717, 1.165) is 61.4 Å².